The Morgan fingerprint density at radius 2 is 1.97 bits per heavy atom. The highest BCUT2D eigenvalue weighted by atomic mass is 32.1. The predicted octanol–water partition coefficient (Wildman–Crippen LogP) is 5.47. The minimum Gasteiger partial charge on any atom is -0.488 e. The van der Waals surface area contributed by atoms with Gasteiger partial charge in [0.15, 0.2) is 11.6 Å². The minimum absolute atomic E-state index is 0.0948. The molecule has 8 heteroatoms. The maximum absolute atomic E-state index is 14.1. The molecule has 0 N–H and O–H groups in total. The van der Waals surface area contributed by atoms with Crippen LogP contribution in [0, 0.1) is 11.6 Å². The van der Waals surface area contributed by atoms with Gasteiger partial charge < -0.3 is 14.5 Å². The first-order valence-corrected chi connectivity index (χ1v) is 12.6. The molecule has 0 spiro atoms. The van der Waals surface area contributed by atoms with Crippen molar-refractivity contribution in [1.82, 2.24) is 9.80 Å². The number of carbonyl (C=O) groups is 2. The highest BCUT2D eigenvalue weighted by Gasteiger charge is 2.34. The van der Waals surface area contributed by atoms with Gasteiger partial charge in [-0.15, -0.1) is 11.3 Å². The second-order valence-corrected chi connectivity index (χ2v) is 9.59. The molecular weight excluding hydrogens is 470 g/mol. The molecule has 0 radical (unpaired) electrons. The van der Waals surface area contributed by atoms with Crippen molar-refractivity contribution in [3.8, 4) is 5.75 Å². The van der Waals surface area contributed by atoms with Crippen LogP contribution in [-0.4, -0.2) is 47.4 Å². The Labute approximate surface area is 207 Å². The molecule has 0 unspecified atom stereocenters. The first kappa shape index (κ1) is 24.9. The molecule has 1 aliphatic heterocycles. The van der Waals surface area contributed by atoms with Gasteiger partial charge in [-0.2, -0.15) is 0 Å². The van der Waals surface area contributed by atoms with Crippen LogP contribution < -0.4 is 4.74 Å². The third-order valence-electron chi connectivity index (χ3n) is 6.41. The topological polar surface area (TPSA) is 49.9 Å². The van der Waals surface area contributed by atoms with E-state index in [0.29, 0.717) is 19.4 Å². The third-order valence-corrected chi connectivity index (χ3v) is 7.41. The van der Waals surface area contributed by atoms with Gasteiger partial charge in [-0.3, -0.25) is 9.59 Å². The summed E-state index contributed by atoms with van der Waals surface area (Å²) in [5, 5.41) is 1.98. The summed E-state index contributed by atoms with van der Waals surface area (Å²) in [4.78, 5) is 31.2. The van der Waals surface area contributed by atoms with E-state index in [9.17, 15) is 18.4 Å². The van der Waals surface area contributed by atoms with E-state index in [0.717, 1.165) is 5.56 Å². The quantitative estimate of drug-likeness (QED) is 0.414. The fraction of sp³-hybridized carbons (Fsp3) is 0.333. The summed E-state index contributed by atoms with van der Waals surface area (Å²) in [6, 6.07) is 13.0. The molecule has 0 fully saturated rings. The number of hydrogen-bond acceptors (Lipinski definition) is 4. The third kappa shape index (κ3) is 5.53. The molecule has 2 aromatic carbocycles. The van der Waals surface area contributed by atoms with Crippen molar-refractivity contribution in [2.45, 2.75) is 38.8 Å². The van der Waals surface area contributed by atoms with Crippen LogP contribution in [0.2, 0.25) is 0 Å². The molecule has 2 atom stereocenters. The minimum atomic E-state index is -0.502. The first-order valence-electron chi connectivity index (χ1n) is 11.7. The highest BCUT2D eigenvalue weighted by molar-refractivity contribution is 7.10. The molecule has 0 saturated carbocycles. The summed E-state index contributed by atoms with van der Waals surface area (Å²) in [7, 11) is 0. The molecular formula is C27H28F2N2O3S. The van der Waals surface area contributed by atoms with Crippen molar-refractivity contribution < 1.29 is 23.1 Å². The average Bonchev–Trinajstić information content (AvgIpc) is 3.35. The number of para-hydroxylation sites is 1. The molecule has 2 amide bonds. The lowest BCUT2D eigenvalue weighted by Crippen LogP contribution is -2.49. The van der Waals surface area contributed by atoms with Gasteiger partial charge in [0.25, 0.3) is 5.91 Å². The summed E-state index contributed by atoms with van der Waals surface area (Å²) in [6.45, 7) is 4.23. The number of hydrogen-bond donors (Lipinski definition) is 0. The van der Waals surface area contributed by atoms with Gasteiger partial charge in [-0.1, -0.05) is 25.1 Å². The SMILES string of the molecule is CC[C@@H](C)N(CC(=O)N1CCc2sccc2[C@@H]1COc1ccccc1F)C(=O)c1cccc(F)c1. The van der Waals surface area contributed by atoms with Crippen molar-refractivity contribution in [3.63, 3.8) is 0 Å². The summed E-state index contributed by atoms with van der Waals surface area (Å²) < 4.78 is 33.7. The van der Waals surface area contributed by atoms with E-state index in [1.165, 1.54) is 34.0 Å². The number of thiophene rings is 1. The van der Waals surface area contributed by atoms with Gasteiger partial charge in [0, 0.05) is 23.0 Å². The van der Waals surface area contributed by atoms with E-state index >= 15 is 0 Å². The van der Waals surface area contributed by atoms with Crippen molar-refractivity contribution >= 4 is 23.2 Å². The molecule has 3 aromatic rings. The van der Waals surface area contributed by atoms with E-state index < -0.39 is 17.7 Å². The number of amides is 2. The Kier molecular flexibility index (Phi) is 7.80. The van der Waals surface area contributed by atoms with Crippen LogP contribution in [0.25, 0.3) is 0 Å². The molecule has 2 heterocycles. The van der Waals surface area contributed by atoms with Gasteiger partial charge >= 0.3 is 0 Å². The molecule has 0 saturated heterocycles. The van der Waals surface area contributed by atoms with Crippen molar-refractivity contribution in [2.24, 2.45) is 0 Å². The summed E-state index contributed by atoms with van der Waals surface area (Å²) in [5.74, 6) is -1.45. The maximum Gasteiger partial charge on any atom is 0.254 e. The zero-order chi connectivity index (χ0) is 24.9. The number of ether oxygens (including phenoxy) is 1. The second-order valence-electron chi connectivity index (χ2n) is 8.59. The molecule has 35 heavy (non-hydrogen) atoms. The molecule has 184 valence electrons. The highest BCUT2D eigenvalue weighted by Crippen LogP contribution is 2.34. The van der Waals surface area contributed by atoms with Gasteiger partial charge in [-0.25, -0.2) is 8.78 Å². The summed E-state index contributed by atoms with van der Waals surface area (Å²) in [6.07, 6.45) is 1.35. The zero-order valence-corrected chi connectivity index (χ0v) is 20.6. The van der Waals surface area contributed by atoms with E-state index in [1.807, 2.05) is 25.3 Å². The number of fused-ring (bicyclic) bond motifs is 1. The lowest BCUT2D eigenvalue weighted by atomic mass is 10.00. The van der Waals surface area contributed by atoms with Gasteiger partial charge in [0.1, 0.15) is 19.0 Å². The summed E-state index contributed by atoms with van der Waals surface area (Å²) >= 11 is 1.63. The van der Waals surface area contributed by atoms with Crippen LogP contribution in [0.3, 0.4) is 0 Å². The molecule has 1 aromatic heterocycles. The smallest absolute Gasteiger partial charge is 0.254 e. The van der Waals surface area contributed by atoms with Crippen LogP contribution >= 0.6 is 11.3 Å². The Morgan fingerprint density at radius 3 is 2.71 bits per heavy atom. The normalized spacial score (nSPS) is 15.9. The number of rotatable bonds is 8. The van der Waals surface area contributed by atoms with Crippen molar-refractivity contribution in [1.29, 1.82) is 0 Å². The van der Waals surface area contributed by atoms with E-state index in [2.05, 4.69) is 0 Å². The predicted molar refractivity (Wildman–Crippen MR) is 132 cm³/mol. The van der Waals surface area contributed by atoms with Gasteiger partial charge in [0.2, 0.25) is 5.91 Å². The number of carbonyl (C=O) groups excluding carboxylic acids is 2. The Bertz CT molecular complexity index is 1200. The van der Waals surface area contributed by atoms with Crippen molar-refractivity contribution in [2.75, 3.05) is 19.7 Å². The van der Waals surface area contributed by atoms with Crippen LogP contribution in [-0.2, 0) is 11.2 Å². The fourth-order valence-corrected chi connectivity index (χ4v) is 5.21. The molecule has 1 aliphatic rings. The zero-order valence-electron chi connectivity index (χ0n) is 19.7. The van der Waals surface area contributed by atoms with Crippen LogP contribution in [0.15, 0.2) is 60.0 Å². The largest absolute Gasteiger partial charge is 0.488 e. The molecule has 5 nitrogen and oxygen atoms in total. The van der Waals surface area contributed by atoms with Crippen LogP contribution in [0.5, 0.6) is 5.75 Å². The average molecular weight is 499 g/mol. The van der Waals surface area contributed by atoms with Gasteiger partial charge in [0.05, 0.1) is 6.04 Å². The monoisotopic (exact) mass is 498 g/mol. The maximum atomic E-state index is 14.1. The lowest BCUT2D eigenvalue weighted by Gasteiger charge is -2.38. The van der Waals surface area contributed by atoms with Crippen LogP contribution in [0.1, 0.15) is 47.1 Å². The Hall–Kier alpha value is -3.26. The lowest BCUT2D eigenvalue weighted by molar-refractivity contribution is -0.136. The first-order chi connectivity index (χ1) is 16.9. The standard InChI is InChI=1S/C27H28F2N2O3S/c1-3-18(2)31(27(33)19-7-6-8-20(28)15-19)16-26(32)30-13-11-25-21(12-14-35-25)23(30)17-34-24-10-5-4-9-22(24)29/h4-10,12,14-15,18,23H,3,11,13,16-17H2,1-2H3/t18-,23+/m1/s1. The summed E-state index contributed by atoms with van der Waals surface area (Å²) in [5.41, 5.74) is 1.19. The van der Waals surface area contributed by atoms with E-state index in [4.69, 9.17) is 4.74 Å². The van der Waals surface area contributed by atoms with E-state index in [1.54, 1.807) is 40.5 Å². The Morgan fingerprint density at radius 1 is 1.17 bits per heavy atom. The number of halogens is 2. The van der Waals surface area contributed by atoms with E-state index in [-0.39, 0.29) is 42.3 Å². The fourth-order valence-electron chi connectivity index (χ4n) is 4.28. The molecule has 0 bridgehead atoms. The number of nitrogens with zero attached hydrogens (tertiary/aromatic N) is 2. The Balaban J connectivity index is 1.56. The van der Waals surface area contributed by atoms with Gasteiger partial charge in [-0.05, 0) is 67.1 Å². The molecule has 0 aliphatic carbocycles. The van der Waals surface area contributed by atoms with Crippen molar-refractivity contribution in [3.05, 3.63) is 87.6 Å². The second kappa shape index (κ2) is 11.0. The van der Waals surface area contributed by atoms with Crippen LogP contribution in [0.4, 0.5) is 8.78 Å². The molecule has 4 rings (SSSR count). The number of benzene rings is 2.